The van der Waals surface area contributed by atoms with Gasteiger partial charge in [-0.3, -0.25) is 4.79 Å². The number of anilines is 1. The minimum Gasteiger partial charge on any atom is -0.367 e. The van der Waals surface area contributed by atoms with Crippen LogP contribution in [0.4, 0.5) is 5.82 Å². The van der Waals surface area contributed by atoms with E-state index in [2.05, 4.69) is 27.1 Å². The average molecular weight is 210 g/mol. The van der Waals surface area contributed by atoms with Crippen LogP contribution in [0.5, 0.6) is 0 Å². The Kier molecular flexibility index (Phi) is 4.30. The Bertz CT molecular complexity index is 347. The standard InChI is InChI=1S/C10H18N4O/c1-8(4-5-14(2)3)13-9-6-10(15)12-7-11-9/h6-8H,4-5H2,1-3H3,(H2,11,12,13,15). The zero-order chi connectivity index (χ0) is 11.3. The Hall–Kier alpha value is -1.36. The van der Waals surface area contributed by atoms with Gasteiger partial charge in [0.25, 0.3) is 5.56 Å². The van der Waals surface area contributed by atoms with Crippen molar-refractivity contribution in [1.82, 2.24) is 14.9 Å². The number of aromatic amines is 1. The summed E-state index contributed by atoms with van der Waals surface area (Å²) >= 11 is 0. The SMILES string of the molecule is CC(CCN(C)C)Nc1cc(=O)[nH]cn1. The van der Waals surface area contributed by atoms with Crippen molar-refractivity contribution in [2.45, 2.75) is 19.4 Å². The molecule has 1 aromatic rings. The van der Waals surface area contributed by atoms with Crippen molar-refractivity contribution in [3.63, 3.8) is 0 Å². The molecule has 5 nitrogen and oxygen atoms in total. The number of H-pyrrole nitrogens is 1. The molecule has 0 aliphatic carbocycles. The molecule has 0 aliphatic heterocycles. The van der Waals surface area contributed by atoms with E-state index >= 15 is 0 Å². The molecule has 0 saturated carbocycles. The van der Waals surface area contributed by atoms with Crippen LogP contribution in [-0.4, -0.2) is 41.5 Å². The molecule has 15 heavy (non-hydrogen) atoms. The van der Waals surface area contributed by atoms with E-state index in [4.69, 9.17) is 0 Å². The third-order valence-electron chi connectivity index (χ3n) is 2.08. The molecule has 0 fully saturated rings. The molecular weight excluding hydrogens is 192 g/mol. The summed E-state index contributed by atoms with van der Waals surface area (Å²) in [5.41, 5.74) is -0.132. The first-order valence-electron chi connectivity index (χ1n) is 5.04. The van der Waals surface area contributed by atoms with Gasteiger partial charge in [-0.05, 0) is 34.0 Å². The minimum absolute atomic E-state index is 0.132. The molecule has 1 rings (SSSR count). The molecule has 0 radical (unpaired) electrons. The summed E-state index contributed by atoms with van der Waals surface area (Å²) in [5.74, 6) is 0.630. The van der Waals surface area contributed by atoms with E-state index in [0.717, 1.165) is 13.0 Å². The molecule has 5 heteroatoms. The number of nitrogens with zero attached hydrogens (tertiary/aromatic N) is 2. The van der Waals surface area contributed by atoms with Crippen molar-refractivity contribution in [3.8, 4) is 0 Å². The van der Waals surface area contributed by atoms with Crippen LogP contribution in [0.2, 0.25) is 0 Å². The second kappa shape index (κ2) is 5.50. The lowest BCUT2D eigenvalue weighted by atomic mass is 10.2. The number of hydrogen-bond acceptors (Lipinski definition) is 4. The maximum Gasteiger partial charge on any atom is 0.252 e. The third kappa shape index (κ3) is 4.60. The van der Waals surface area contributed by atoms with Crippen LogP contribution in [0.1, 0.15) is 13.3 Å². The van der Waals surface area contributed by atoms with E-state index in [1.165, 1.54) is 12.4 Å². The summed E-state index contributed by atoms with van der Waals surface area (Å²) in [6, 6.07) is 1.77. The van der Waals surface area contributed by atoms with E-state index in [-0.39, 0.29) is 5.56 Å². The highest BCUT2D eigenvalue weighted by Gasteiger charge is 2.03. The highest BCUT2D eigenvalue weighted by Crippen LogP contribution is 2.02. The summed E-state index contributed by atoms with van der Waals surface area (Å²) in [6.45, 7) is 3.09. The van der Waals surface area contributed by atoms with E-state index in [0.29, 0.717) is 11.9 Å². The quantitative estimate of drug-likeness (QED) is 0.744. The van der Waals surface area contributed by atoms with Crippen molar-refractivity contribution in [2.24, 2.45) is 0 Å². The largest absolute Gasteiger partial charge is 0.367 e. The molecular formula is C10H18N4O. The summed E-state index contributed by atoms with van der Waals surface area (Å²) < 4.78 is 0. The lowest BCUT2D eigenvalue weighted by Crippen LogP contribution is -2.24. The normalized spacial score (nSPS) is 12.8. The lowest BCUT2D eigenvalue weighted by molar-refractivity contribution is 0.390. The zero-order valence-electron chi connectivity index (χ0n) is 9.45. The Morgan fingerprint density at radius 2 is 2.33 bits per heavy atom. The maximum atomic E-state index is 11.0. The summed E-state index contributed by atoms with van der Waals surface area (Å²) in [6.07, 6.45) is 2.42. The fourth-order valence-electron chi connectivity index (χ4n) is 1.22. The molecule has 1 unspecified atom stereocenters. The lowest BCUT2D eigenvalue weighted by Gasteiger charge is -2.16. The Labute approximate surface area is 89.5 Å². The minimum atomic E-state index is -0.132. The fourth-order valence-corrected chi connectivity index (χ4v) is 1.22. The molecule has 0 amide bonds. The number of hydrogen-bond donors (Lipinski definition) is 2. The second-order valence-electron chi connectivity index (χ2n) is 3.93. The average Bonchev–Trinajstić information content (AvgIpc) is 2.15. The Morgan fingerprint density at radius 3 is 2.93 bits per heavy atom. The molecule has 1 aromatic heterocycles. The van der Waals surface area contributed by atoms with Gasteiger partial charge in [0.1, 0.15) is 5.82 Å². The first-order valence-corrected chi connectivity index (χ1v) is 5.04. The van der Waals surface area contributed by atoms with E-state index < -0.39 is 0 Å². The van der Waals surface area contributed by atoms with Gasteiger partial charge < -0.3 is 15.2 Å². The van der Waals surface area contributed by atoms with Crippen molar-refractivity contribution < 1.29 is 0 Å². The van der Waals surface area contributed by atoms with Gasteiger partial charge in [-0.15, -0.1) is 0 Å². The molecule has 0 spiro atoms. The van der Waals surface area contributed by atoms with Gasteiger partial charge >= 0.3 is 0 Å². The van der Waals surface area contributed by atoms with Crippen LogP contribution in [0.25, 0.3) is 0 Å². The fraction of sp³-hybridized carbons (Fsp3) is 0.600. The first-order chi connectivity index (χ1) is 7.08. The Morgan fingerprint density at radius 1 is 1.60 bits per heavy atom. The first kappa shape index (κ1) is 11.7. The van der Waals surface area contributed by atoms with Crippen LogP contribution in [0, 0.1) is 0 Å². The van der Waals surface area contributed by atoms with Crippen LogP contribution < -0.4 is 10.9 Å². The summed E-state index contributed by atoms with van der Waals surface area (Å²) in [5, 5.41) is 3.18. The van der Waals surface area contributed by atoms with E-state index in [9.17, 15) is 4.79 Å². The highest BCUT2D eigenvalue weighted by molar-refractivity contribution is 5.32. The van der Waals surface area contributed by atoms with Crippen LogP contribution in [0.3, 0.4) is 0 Å². The van der Waals surface area contributed by atoms with Crippen LogP contribution >= 0.6 is 0 Å². The molecule has 1 atom stereocenters. The monoisotopic (exact) mass is 210 g/mol. The second-order valence-corrected chi connectivity index (χ2v) is 3.93. The van der Waals surface area contributed by atoms with E-state index in [1.54, 1.807) is 0 Å². The molecule has 1 heterocycles. The third-order valence-corrected chi connectivity index (χ3v) is 2.08. The van der Waals surface area contributed by atoms with Crippen molar-refractivity contribution in [1.29, 1.82) is 0 Å². The van der Waals surface area contributed by atoms with Crippen molar-refractivity contribution in [3.05, 3.63) is 22.7 Å². The number of aromatic nitrogens is 2. The predicted molar refractivity (Wildman–Crippen MR) is 61.1 cm³/mol. The van der Waals surface area contributed by atoms with Gasteiger partial charge in [0, 0.05) is 12.1 Å². The van der Waals surface area contributed by atoms with Crippen molar-refractivity contribution >= 4 is 5.82 Å². The van der Waals surface area contributed by atoms with Gasteiger partial charge in [0.2, 0.25) is 0 Å². The molecule has 0 aliphatic rings. The van der Waals surface area contributed by atoms with Gasteiger partial charge in [-0.1, -0.05) is 0 Å². The molecule has 84 valence electrons. The number of nitrogens with one attached hydrogen (secondary N) is 2. The predicted octanol–water partition coefficient (Wildman–Crippen LogP) is 0.522. The van der Waals surface area contributed by atoms with E-state index in [1.807, 2.05) is 14.1 Å². The van der Waals surface area contributed by atoms with Gasteiger partial charge in [-0.25, -0.2) is 4.98 Å². The molecule has 0 bridgehead atoms. The van der Waals surface area contributed by atoms with Gasteiger partial charge in [0.05, 0.1) is 6.33 Å². The van der Waals surface area contributed by atoms with Crippen molar-refractivity contribution in [2.75, 3.05) is 26.0 Å². The Balaban J connectivity index is 2.44. The molecule has 0 aromatic carbocycles. The van der Waals surface area contributed by atoms with Gasteiger partial charge in [0.15, 0.2) is 0 Å². The topological polar surface area (TPSA) is 61.0 Å². The molecule has 2 N–H and O–H groups in total. The zero-order valence-corrected chi connectivity index (χ0v) is 9.45. The van der Waals surface area contributed by atoms with Gasteiger partial charge in [-0.2, -0.15) is 0 Å². The maximum absolute atomic E-state index is 11.0. The van der Waals surface area contributed by atoms with Crippen LogP contribution in [-0.2, 0) is 0 Å². The smallest absolute Gasteiger partial charge is 0.252 e. The summed E-state index contributed by atoms with van der Waals surface area (Å²) in [4.78, 5) is 19.6. The highest BCUT2D eigenvalue weighted by atomic mass is 16.1. The van der Waals surface area contributed by atoms with Crippen LogP contribution in [0.15, 0.2) is 17.2 Å². The number of rotatable bonds is 5. The molecule has 0 saturated heterocycles. The summed E-state index contributed by atoms with van der Waals surface area (Å²) in [7, 11) is 4.08.